The van der Waals surface area contributed by atoms with Crippen molar-refractivity contribution in [2.45, 2.75) is 71.9 Å². The number of nitrogens with one attached hydrogen (secondary N) is 2. The zero-order valence-corrected chi connectivity index (χ0v) is 14.9. The lowest BCUT2D eigenvalue weighted by molar-refractivity contribution is 0.0635. The quantitative estimate of drug-likeness (QED) is 0.839. The number of hydrogen-bond acceptors (Lipinski definition) is 4. The molecule has 0 radical (unpaired) electrons. The fourth-order valence-corrected chi connectivity index (χ4v) is 2.74. The molecule has 1 aliphatic rings. The highest BCUT2D eigenvalue weighted by Gasteiger charge is 2.26. The van der Waals surface area contributed by atoms with Crippen molar-refractivity contribution in [2.24, 2.45) is 5.41 Å². The Kier molecular flexibility index (Phi) is 5.17. The Morgan fingerprint density at radius 3 is 2.43 bits per heavy atom. The fraction of sp³-hybridized carbons (Fsp3) is 0.667. The van der Waals surface area contributed by atoms with Crippen LogP contribution in [0.2, 0.25) is 0 Å². The Morgan fingerprint density at radius 1 is 1.26 bits per heavy atom. The summed E-state index contributed by atoms with van der Waals surface area (Å²) in [6.07, 6.45) is 6.13. The molecule has 5 nitrogen and oxygen atoms in total. The maximum absolute atomic E-state index is 11.7. The highest BCUT2D eigenvalue weighted by atomic mass is 16.6. The van der Waals surface area contributed by atoms with E-state index >= 15 is 0 Å². The summed E-state index contributed by atoms with van der Waals surface area (Å²) < 4.78 is 5.21. The Labute approximate surface area is 139 Å². The second-order valence-electron chi connectivity index (χ2n) is 8.14. The van der Waals surface area contributed by atoms with Gasteiger partial charge >= 0.3 is 6.09 Å². The number of amides is 1. The Bertz CT molecular complexity index is 522. The van der Waals surface area contributed by atoms with Crippen LogP contribution in [0.1, 0.15) is 60.3 Å². The Morgan fingerprint density at radius 2 is 1.91 bits per heavy atom. The van der Waals surface area contributed by atoms with E-state index < -0.39 is 11.7 Å². The number of rotatable bonds is 3. The summed E-state index contributed by atoms with van der Waals surface area (Å²) in [4.78, 5) is 16.0. The van der Waals surface area contributed by atoms with E-state index in [-0.39, 0.29) is 0 Å². The molecule has 1 fully saturated rings. The van der Waals surface area contributed by atoms with Crippen LogP contribution in [-0.2, 0) is 4.74 Å². The molecule has 1 aromatic heterocycles. The highest BCUT2D eigenvalue weighted by Crippen LogP contribution is 2.36. The first kappa shape index (κ1) is 17.6. The zero-order valence-electron chi connectivity index (χ0n) is 14.9. The molecule has 1 heterocycles. The van der Waals surface area contributed by atoms with Gasteiger partial charge in [0.05, 0.1) is 11.9 Å². The average Bonchev–Trinajstić information content (AvgIpc) is 2.41. The number of anilines is 2. The Balaban J connectivity index is 1.84. The van der Waals surface area contributed by atoms with Gasteiger partial charge in [0.15, 0.2) is 0 Å². The summed E-state index contributed by atoms with van der Waals surface area (Å²) >= 11 is 0. The number of carbonyl (C=O) groups excluding carboxylic acids is 1. The highest BCUT2D eigenvalue weighted by molar-refractivity contribution is 5.83. The van der Waals surface area contributed by atoms with E-state index in [1.807, 2.05) is 26.8 Å². The molecule has 0 aliphatic heterocycles. The van der Waals surface area contributed by atoms with Gasteiger partial charge in [0.25, 0.3) is 0 Å². The molecule has 1 aliphatic carbocycles. The van der Waals surface area contributed by atoms with E-state index in [0.29, 0.717) is 17.3 Å². The molecule has 0 spiro atoms. The van der Waals surface area contributed by atoms with Gasteiger partial charge in [-0.05, 0) is 64.0 Å². The molecule has 23 heavy (non-hydrogen) atoms. The van der Waals surface area contributed by atoms with Crippen molar-refractivity contribution in [3.63, 3.8) is 0 Å². The van der Waals surface area contributed by atoms with E-state index in [1.54, 1.807) is 12.3 Å². The lowest BCUT2D eigenvalue weighted by atomic mass is 9.75. The van der Waals surface area contributed by atoms with Crippen LogP contribution in [0, 0.1) is 5.41 Å². The minimum atomic E-state index is -0.514. The second kappa shape index (κ2) is 6.77. The normalized spacial score (nSPS) is 18.3. The van der Waals surface area contributed by atoms with Gasteiger partial charge in [0.1, 0.15) is 11.4 Å². The van der Waals surface area contributed by atoms with Crippen LogP contribution in [-0.4, -0.2) is 22.7 Å². The lowest BCUT2D eigenvalue weighted by Gasteiger charge is -2.35. The molecule has 1 saturated carbocycles. The second-order valence-corrected chi connectivity index (χ2v) is 8.14. The van der Waals surface area contributed by atoms with E-state index in [0.717, 1.165) is 5.69 Å². The molecule has 2 N–H and O–H groups in total. The Hall–Kier alpha value is -1.78. The van der Waals surface area contributed by atoms with E-state index in [2.05, 4.69) is 29.5 Å². The minimum Gasteiger partial charge on any atom is -0.444 e. The van der Waals surface area contributed by atoms with Gasteiger partial charge < -0.3 is 10.1 Å². The molecule has 0 unspecified atom stereocenters. The zero-order chi connectivity index (χ0) is 17.1. The van der Waals surface area contributed by atoms with Gasteiger partial charge in [-0.1, -0.05) is 13.8 Å². The van der Waals surface area contributed by atoms with Crippen LogP contribution in [0.25, 0.3) is 0 Å². The van der Waals surface area contributed by atoms with Crippen molar-refractivity contribution in [3.05, 3.63) is 18.3 Å². The van der Waals surface area contributed by atoms with Gasteiger partial charge in [-0.3, -0.25) is 5.32 Å². The molecule has 1 aromatic rings. The molecule has 2 rings (SSSR count). The molecule has 0 saturated heterocycles. The smallest absolute Gasteiger partial charge is 0.413 e. The number of hydrogen-bond donors (Lipinski definition) is 2. The monoisotopic (exact) mass is 319 g/mol. The van der Waals surface area contributed by atoms with Gasteiger partial charge in [0, 0.05) is 6.04 Å². The summed E-state index contributed by atoms with van der Waals surface area (Å²) in [6.45, 7) is 10.2. The minimum absolute atomic E-state index is 0.470. The lowest BCUT2D eigenvalue weighted by Crippen LogP contribution is -2.30. The third-order valence-corrected chi connectivity index (χ3v) is 4.10. The number of carbonyl (C=O) groups is 1. The van der Waals surface area contributed by atoms with Crippen LogP contribution >= 0.6 is 0 Å². The summed E-state index contributed by atoms with van der Waals surface area (Å²) in [6, 6.07) is 4.24. The maximum Gasteiger partial charge on any atom is 0.413 e. The summed E-state index contributed by atoms with van der Waals surface area (Å²) in [5.74, 6) is 0.495. The first-order chi connectivity index (χ1) is 10.6. The van der Waals surface area contributed by atoms with Crippen LogP contribution < -0.4 is 10.6 Å². The predicted molar refractivity (Wildman–Crippen MR) is 93.8 cm³/mol. The van der Waals surface area contributed by atoms with Gasteiger partial charge in [-0.25, -0.2) is 9.78 Å². The van der Waals surface area contributed by atoms with Crippen LogP contribution in [0.4, 0.5) is 16.3 Å². The topological polar surface area (TPSA) is 63.2 Å². The molecule has 5 heteroatoms. The van der Waals surface area contributed by atoms with E-state index in [1.165, 1.54) is 25.7 Å². The van der Waals surface area contributed by atoms with E-state index in [4.69, 9.17) is 4.74 Å². The van der Waals surface area contributed by atoms with Crippen molar-refractivity contribution >= 4 is 17.6 Å². The first-order valence-corrected chi connectivity index (χ1v) is 8.36. The number of ether oxygens (including phenoxy) is 1. The third kappa shape index (κ3) is 6.08. The molecular formula is C18H29N3O2. The summed E-state index contributed by atoms with van der Waals surface area (Å²) in [7, 11) is 0. The molecule has 128 valence electrons. The van der Waals surface area contributed by atoms with Crippen LogP contribution in [0.3, 0.4) is 0 Å². The fourth-order valence-electron chi connectivity index (χ4n) is 2.74. The number of nitrogens with zero attached hydrogens (tertiary/aromatic N) is 1. The standard InChI is InChI=1S/C18H29N3O2/c1-17(2,3)23-16(22)21-15-7-6-14(12-19-15)20-13-8-10-18(4,5)11-9-13/h6-7,12-13,20H,8-11H2,1-5H3,(H,19,21,22). The third-order valence-electron chi connectivity index (χ3n) is 4.10. The number of pyridine rings is 1. The summed E-state index contributed by atoms with van der Waals surface area (Å²) in [5.41, 5.74) is 0.947. The first-order valence-electron chi connectivity index (χ1n) is 8.36. The molecular weight excluding hydrogens is 290 g/mol. The number of aromatic nitrogens is 1. The molecule has 0 bridgehead atoms. The molecule has 0 aromatic carbocycles. The van der Waals surface area contributed by atoms with Gasteiger partial charge in [-0.2, -0.15) is 0 Å². The van der Waals surface area contributed by atoms with Crippen LogP contribution in [0.15, 0.2) is 18.3 Å². The average molecular weight is 319 g/mol. The van der Waals surface area contributed by atoms with Crippen molar-refractivity contribution in [2.75, 3.05) is 10.6 Å². The summed E-state index contributed by atoms with van der Waals surface area (Å²) in [5, 5.41) is 6.17. The van der Waals surface area contributed by atoms with Crippen molar-refractivity contribution in [1.82, 2.24) is 4.98 Å². The van der Waals surface area contributed by atoms with Gasteiger partial charge in [0.2, 0.25) is 0 Å². The maximum atomic E-state index is 11.7. The van der Waals surface area contributed by atoms with Crippen molar-refractivity contribution in [3.8, 4) is 0 Å². The predicted octanol–water partition coefficient (Wildman–Crippen LogP) is 4.81. The van der Waals surface area contributed by atoms with E-state index in [9.17, 15) is 4.79 Å². The van der Waals surface area contributed by atoms with Gasteiger partial charge in [-0.15, -0.1) is 0 Å². The SMILES string of the molecule is CC1(C)CCC(Nc2ccc(NC(=O)OC(C)(C)C)nc2)CC1. The van der Waals surface area contributed by atoms with Crippen molar-refractivity contribution in [1.29, 1.82) is 0 Å². The molecule has 0 atom stereocenters. The molecule has 1 amide bonds. The largest absolute Gasteiger partial charge is 0.444 e. The van der Waals surface area contributed by atoms with Crippen molar-refractivity contribution < 1.29 is 9.53 Å². The van der Waals surface area contributed by atoms with Crippen LogP contribution in [0.5, 0.6) is 0 Å².